The highest BCUT2D eigenvalue weighted by atomic mass is 16.8. The third-order valence-corrected chi connectivity index (χ3v) is 4.07. The molecule has 1 aliphatic heterocycles. The largest absolute Gasteiger partial charge is 0.472 e. The van der Waals surface area contributed by atoms with E-state index in [1.807, 2.05) is 20.1 Å². The molecular formula is C14H24O3. The Kier molecular flexibility index (Phi) is 4.10. The molecule has 2 rings (SSSR count). The minimum Gasteiger partial charge on any atom is -0.472 e. The number of ether oxygens (including phenoxy) is 3. The van der Waals surface area contributed by atoms with Gasteiger partial charge in [-0.3, -0.25) is 0 Å². The third kappa shape index (κ3) is 2.66. The van der Waals surface area contributed by atoms with Gasteiger partial charge in [-0.05, 0) is 51.0 Å². The average Bonchev–Trinajstić information content (AvgIpc) is 2.66. The second-order valence-corrected chi connectivity index (χ2v) is 5.26. The Balaban J connectivity index is 2.02. The van der Waals surface area contributed by atoms with E-state index in [0.717, 1.165) is 0 Å². The summed E-state index contributed by atoms with van der Waals surface area (Å²) in [6, 6.07) is 0. The van der Waals surface area contributed by atoms with E-state index in [2.05, 4.69) is 13.8 Å². The SMILES string of the molecule is CCOC(C)O[C@@H]1OC=C(C)[C@H]2CC[C@H](C)[C@@H]12. The fourth-order valence-electron chi connectivity index (χ4n) is 3.15. The summed E-state index contributed by atoms with van der Waals surface area (Å²) in [5.41, 5.74) is 1.36. The Hall–Kier alpha value is -0.540. The zero-order chi connectivity index (χ0) is 12.4. The summed E-state index contributed by atoms with van der Waals surface area (Å²) in [6.07, 6.45) is 4.09. The van der Waals surface area contributed by atoms with Gasteiger partial charge in [0.25, 0.3) is 0 Å². The van der Waals surface area contributed by atoms with Gasteiger partial charge in [-0.15, -0.1) is 0 Å². The minimum absolute atomic E-state index is 0.136. The van der Waals surface area contributed by atoms with E-state index in [1.165, 1.54) is 18.4 Å². The lowest BCUT2D eigenvalue weighted by molar-refractivity contribution is -0.250. The van der Waals surface area contributed by atoms with Gasteiger partial charge >= 0.3 is 0 Å². The fraction of sp³-hybridized carbons (Fsp3) is 0.857. The summed E-state index contributed by atoms with van der Waals surface area (Å²) in [4.78, 5) is 0. The summed E-state index contributed by atoms with van der Waals surface area (Å²) in [5, 5.41) is 0. The predicted octanol–water partition coefficient (Wildman–Crippen LogP) is 3.31. The molecule has 1 heterocycles. The van der Waals surface area contributed by atoms with Crippen LogP contribution in [0, 0.1) is 17.8 Å². The summed E-state index contributed by atoms with van der Waals surface area (Å²) < 4.78 is 17.0. The van der Waals surface area contributed by atoms with E-state index in [-0.39, 0.29) is 12.6 Å². The molecule has 2 aliphatic rings. The zero-order valence-corrected chi connectivity index (χ0v) is 11.3. The van der Waals surface area contributed by atoms with E-state index in [9.17, 15) is 0 Å². The van der Waals surface area contributed by atoms with Crippen LogP contribution in [0.1, 0.15) is 40.5 Å². The first-order valence-corrected chi connectivity index (χ1v) is 6.72. The van der Waals surface area contributed by atoms with Crippen LogP contribution in [0.25, 0.3) is 0 Å². The molecule has 5 atom stereocenters. The molecule has 1 saturated carbocycles. The van der Waals surface area contributed by atoms with Crippen molar-refractivity contribution >= 4 is 0 Å². The zero-order valence-electron chi connectivity index (χ0n) is 11.3. The molecule has 0 aromatic heterocycles. The molecule has 17 heavy (non-hydrogen) atoms. The van der Waals surface area contributed by atoms with Crippen molar-refractivity contribution in [3.05, 3.63) is 11.8 Å². The Labute approximate surface area is 104 Å². The standard InChI is InChI=1S/C14H24O3/c1-5-15-11(4)17-14-13-9(2)6-7-12(13)10(3)8-16-14/h8-9,11-14H,5-7H2,1-4H3/t9-,11?,12+,13+,14-/m0/s1. The van der Waals surface area contributed by atoms with Gasteiger partial charge in [-0.2, -0.15) is 0 Å². The lowest BCUT2D eigenvalue weighted by atomic mass is 9.84. The third-order valence-electron chi connectivity index (χ3n) is 4.07. The highest BCUT2D eigenvalue weighted by Gasteiger charge is 2.44. The molecule has 0 saturated heterocycles. The summed E-state index contributed by atoms with van der Waals surface area (Å²) in [6.45, 7) is 9.05. The molecule has 0 N–H and O–H groups in total. The van der Waals surface area contributed by atoms with Crippen molar-refractivity contribution in [1.82, 2.24) is 0 Å². The van der Waals surface area contributed by atoms with E-state index in [0.29, 0.717) is 24.4 Å². The Morgan fingerprint density at radius 1 is 1.47 bits per heavy atom. The number of hydrogen-bond acceptors (Lipinski definition) is 3. The highest BCUT2D eigenvalue weighted by molar-refractivity contribution is 5.09. The van der Waals surface area contributed by atoms with Crippen molar-refractivity contribution in [3.63, 3.8) is 0 Å². The normalized spacial score (nSPS) is 38.2. The smallest absolute Gasteiger partial charge is 0.205 e. The van der Waals surface area contributed by atoms with Gasteiger partial charge in [0.2, 0.25) is 6.29 Å². The van der Waals surface area contributed by atoms with Gasteiger partial charge < -0.3 is 14.2 Å². The van der Waals surface area contributed by atoms with E-state index >= 15 is 0 Å². The molecule has 0 spiro atoms. The molecule has 98 valence electrons. The molecule has 0 bridgehead atoms. The topological polar surface area (TPSA) is 27.7 Å². The van der Waals surface area contributed by atoms with Crippen LogP contribution >= 0.6 is 0 Å². The van der Waals surface area contributed by atoms with Crippen LogP contribution in [0.4, 0.5) is 0 Å². The molecule has 1 fully saturated rings. The van der Waals surface area contributed by atoms with Gasteiger partial charge in [0.15, 0.2) is 6.29 Å². The Bertz CT molecular complexity index is 287. The van der Waals surface area contributed by atoms with Crippen molar-refractivity contribution < 1.29 is 14.2 Å². The van der Waals surface area contributed by atoms with Crippen LogP contribution in [0.2, 0.25) is 0 Å². The van der Waals surface area contributed by atoms with Crippen molar-refractivity contribution in [2.24, 2.45) is 17.8 Å². The number of fused-ring (bicyclic) bond motifs is 1. The molecule has 1 aliphatic carbocycles. The number of rotatable bonds is 4. The summed E-state index contributed by atoms with van der Waals surface area (Å²) >= 11 is 0. The second-order valence-electron chi connectivity index (χ2n) is 5.26. The van der Waals surface area contributed by atoms with Gasteiger partial charge in [-0.25, -0.2) is 0 Å². The highest BCUT2D eigenvalue weighted by Crippen LogP contribution is 2.46. The lowest BCUT2D eigenvalue weighted by Gasteiger charge is -2.36. The van der Waals surface area contributed by atoms with E-state index in [1.54, 1.807) is 0 Å². The molecule has 0 aromatic carbocycles. The second kappa shape index (κ2) is 5.40. The molecule has 0 radical (unpaired) electrons. The van der Waals surface area contributed by atoms with Crippen LogP contribution in [0.15, 0.2) is 11.8 Å². The maximum absolute atomic E-state index is 5.88. The summed E-state index contributed by atoms with van der Waals surface area (Å²) in [5.74, 6) is 1.79. The minimum atomic E-state index is -0.190. The number of allylic oxidation sites excluding steroid dienone is 1. The van der Waals surface area contributed by atoms with Crippen LogP contribution in [-0.2, 0) is 14.2 Å². The van der Waals surface area contributed by atoms with Gasteiger partial charge in [0, 0.05) is 12.5 Å². The van der Waals surface area contributed by atoms with Crippen LogP contribution in [0.3, 0.4) is 0 Å². The van der Waals surface area contributed by atoms with Crippen molar-refractivity contribution in [3.8, 4) is 0 Å². The van der Waals surface area contributed by atoms with Crippen molar-refractivity contribution in [2.45, 2.75) is 53.1 Å². The molecule has 3 heteroatoms. The Morgan fingerprint density at radius 2 is 2.24 bits per heavy atom. The first-order chi connectivity index (χ1) is 8.13. The van der Waals surface area contributed by atoms with Crippen LogP contribution < -0.4 is 0 Å². The van der Waals surface area contributed by atoms with Gasteiger partial charge in [0.05, 0.1) is 6.26 Å². The van der Waals surface area contributed by atoms with Crippen molar-refractivity contribution in [1.29, 1.82) is 0 Å². The molecule has 0 amide bonds. The van der Waals surface area contributed by atoms with Crippen molar-refractivity contribution in [2.75, 3.05) is 6.61 Å². The van der Waals surface area contributed by atoms with E-state index < -0.39 is 0 Å². The number of hydrogen-bond donors (Lipinski definition) is 0. The predicted molar refractivity (Wildman–Crippen MR) is 66.2 cm³/mol. The average molecular weight is 240 g/mol. The van der Waals surface area contributed by atoms with E-state index in [4.69, 9.17) is 14.2 Å². The maximum atomic E-state index is 5.88. The first-order valence-electron chi connectivity index (χ1n) is 6.72. The quantitative estimate of drug-likeness (QED) is 0.706. The summed E-state index contributed by atoms with van der Waals surface area (Å²) in [7, 11) is 0. The monoisotopic (exact) mass is 240 g/mol. The Morgan fingerprint density at radius 3 is 2.94 bits per heavy atom. The first kappa shape index (κ1) is 12.9. The van der Waals surface area contributed by atoms with Gasteiger partial charge in [0.1, 0.15) is 0 Å². The van der Waals surface area contributed by atoms with Gasteiger partial charge in [-0.1, -0.05) is 6.92 Å². The van der Waals surface area contributed by atoms with Crippen LogP contribution in [-0.4, -0.2) is 19.2 Å². The molecule has 3 nitrogen and oxygen atoms in total. The maximum Gasteiger partial charge on any atom is 0.205 e. The molecule has 1 unspecified atom stereocenters. The lowest BCUT2D eigenvalue weighted by Crippen LogP contribution is -2.38. The van der Waals surface area contributed by atoms with Crippen LogP contribution in [0.5, 0.6) is 0 Å². The fourth-order valence-corrected chi connectivity index (χ4v) is 3.15. The molecular weight excluding hydrogens is 216 g/mol. The molecule has 0 aromatic rings.